The Hall–Kier alpha value is -1.96. The number of rotatable bonds is 3. The number of carbonyl (C=O) groups is 2. The largest absolute Gasteiger partial charge is 0.341 e. The highest BCUT2D eigenvalue weighted by atomic mass is 32.2. The summed E-state index contributed by atoms with van der Waals surface area (Å²) in [5.41, 5.74) is 0.432. The van der Waals surface area contributed by atoms with Gasteiger partial charge in [0.1, 0.15) is 5.82 Å². The number of carbonyl (C=O) groups excluding carboxylic acids is 2. The number of anilines is 1. The van der Waals surface area contributed by atoms with Crippen molar-refractivity contribution in [2.24, 2.45) is 5.92 Å². The molecule has 1 aromatic rings. The average molecular weight is 354 g/mol. The molecule has 130 valence electrons. The Morgan fingerprint density at radius 2 is 2.12 bits per heavy atom. The maximum absolute atomic E-state index is 13.3. The third-order valence-electron chi connectivity index (χ3n) is 4.70. The highest BCUT2D eigenvalue weighted by Gasteiger charge is 2.40. The van der Waals surface area contributed by atoms with E-state index in [0.29, 0.717) is 12.1 Å². The van der Waals surface area contributed by atoms with Crippen molar-refractivity contribution < 1.29 is 22.4 Å². The first kappa shape index (κ1) is 16.9. The summed E-state index contributed by atoms with van der Waals surface area (Å²) in [6, 6.07) is 5.36. The first-order valence-electron chi connectivity index (χ1n) is 7.80. The van der Waals surface area contributed by atoms with Gasteiger partial charge in [0.2, 0.25) is 11.8 Å². The van der Waals surface area contributed by atoms with Crippen molar-refractivity contribution in [1.29, 1.82) is 0 Å². The summed E-state index contributed by atoms with van der Waals surface area (Å²) in [5.74, 6) is -1.37. The number of hydrogen-bond acceptors (Lipinski definition) is 4. The normalized spacial score (nSPS) is 25.9. The lowest BCUT2D eigenvalue weighted by Gasteiger charge is -2.26. The fourth-order valence-electron chi connectivity index (χ4n) is 3.32. The number of hydrogen-bond donors (Lipinski definition) is 0. The average Bonchev–Trinajstić information content (AvgIpc) is 3.08. The molecule has 2 fully saturated rings. The first-order valence-corrected chi connectivity index (χ1v) is 9.62. The van der Waals surface area contributed by atoms with Crippen LogP contribution in [0.3, 0.4) is 0 Å². The van der Waals surface area contributed by atoms with Crippen LogP contribution < -0.4 is 4.90 Å². The molecule has 2 saturated heterocycles. The van der Waals surface area contributed by atoms with Crippen molar-refractivity contribution in [3.05, 3.63) is 30.1 Å². The summed E-state index contributed by atoms with van der Waals surface area (Å²) < 4.78 is 36.5. The van der Waals surface area contributed by atoms with Gasteiger partial charge < -0.3 is 9.80 Å². The Bertz CT molecular complexity index is 780. The van der Waals surface area contributed by atoms with Gasteiger partial charge in [-0.3, -0.25) is 9.59 Å². The molecule has 2 amide bonds. The molecule has 2 unspecified atom stereocenters. The maximum atomic E-state index is 13.3. The number of amides is 2. The minimum atomic E-state index is -3.08. The van der Waals surface area contributed by atoms with Crippen LogP contribution in [0.4, 0.5) is 10.1 Å². The molecule has 2 aliphatic rings. The molecule has 2 aliphatic heterocycles. The van der Waals surface area contributed by atoms with Gasteiger partial charge in [-0.25, -0.2) is 12.8 Å². The van der Waals surface area contributed by atoms with Crippen molar-refractivity contribution in [2.45, 2.75) is 18.9 Å². The van der Waals surface area contributed by atoms with Crippen LogP contribution in [0.5, 0.6) is 0 Å². The number of benzene rings is 1. The predicted octanol–water partition coefficient (Wildman–Crippen LogP) is 0.824. The van der Waals surface area contributed by atoms with E-state index in [4.69, 9.17) is 0 Å². The van der Waals surface area contributed by atoms with Crippen molar-refractivity contribution in [2.75, 3.05) is 30.0 Å². The van der Waals surface area contributed by atoms with Crippen LogP contribution in [0.2, 0.25) is 0 Å². The minimum absolute atomic E-state index is 0.0243. The van der Waals surface area contributed by atoms with Crippen molar-refractivity contribution in [1.82, 2.24) is 4.90 Å². The maximum Gasteiger partial charge on any atom is 0.228 e. The SMILES string of the molecule is CN(C(=O)C1CC(=O)N(c2cccc(F)c2)C1)C1CCS(=O)(=O)C1. The van der Waals surface area contributed by atoms with E-state index in [9.17, 15) is 22.4 Å². The van der Waals surface area contributed by atoms with Gasteiger partial charge in [0, 0.05) is 31.7 Å². The Kier molecular flexibility index (Phi) is 4.33. The molecule has 6 nitrogen and oxygen atoms in total. The van der Waals surface area contributed by atoms with Crippen LogP contribution >= 0.6 is 0 Å². The van der Waals surface area contributed by atoms with Crippen molar-refractivity contribution in [3.8, 4) is 0 Å². The highest BCUT2D eigenvalue weighted by Crippen LogP contribution is 2.28. The van der Waals surface area contributed by atoms with E-state index in [2.05, 4.69) is 0 Å². The second-order valence-electron chi connectivity index (χ2n) is 6.39. The second kappa shape index (κ2) is 6.16. The zero-order valence-electron chi connectivity index (χ0n) is 13.3. The molecule has 0 spiro atoms. The monoisotopic (exact) mass is 354 g/mol. The topological polar surface area (TPSA) is 74.8 Å². The zero-order valence-corrected chi connectivity index (χ0v) is 14.1. The third kappa shape index (κ3) is 3.28. The van der Waals surface area contributed by atoms with E-state index in [-0.39, 0.29) is 42.3 Å². The summed E-state index contributed by atoms with van der Waals surface area (Å²) in [6.45, 7) is 0.185. The van der Waals surface area contributed by atoms with Gasteiger partial charge in [0.25, 0.3) is 0 Å². The minimum Gasteiger partial charge on any atom is -0.341 e. The quantitative estimate of drug-likeness (QED) is 0.806. The van der Waals surface area contributed by atoms with Crippen LogP contribution in [-0.2, 0) is 19.4 Å². The van der Waals surface area contributed by atoms with Gasteiger partial charge >= 0.3 is 0 Å². The third-order valence-corrected chi connectivity index (χ3v) is 6.45. The van der Waals surface area contributed by atoms with Gasteiger partial charge in [0.05, 0.1) is 17.4 Å². The van der Waals surface area contributed by atoms with Gasteiger partial charge in [-0.2, -0.15) is 0 Å². The molecule has 0 saturated carbocycles. The van der Waals surface area contributed by atoms with Crippen LogP contribution in [0.1, 0.15) is 12.8 Å². The lowest BCUT2D eigenvalue weighted by molar-refractivity contribution is -0.136. The summed E-state index contributed by atoms with van der Waals surface area (Å²) in [7, 11) is -1.49. The summed E-state index contributed by atoms with van der Waals surface area (Å²) in [5, 5.41) is 0. The molecule has 24 heavy (non-hydrogen) atoms. The van der Waals surface area contributed by atoms with E-state index in [1.165, 1.54) is 28.0 Å². The van der Waals surface area contributed by atoms with Crippen LogP contribution in [0, 0.1) is 11.7 Å². The number of nitrogens with zero attached hydrogens (tertiary/aromatic N) is 2. The smallest absolute Gasteiger partial charge is 0.228 e. The van der Waals surface area contributed by atoms with Crippen LogP contribution in [-0.4, -0.2) is 56.3 Å². The highest BCUT2D eigenvalue weighted by molar-refractivity contribution is 7.91. The van der Waals surface area contributed by atoms with Crippen molar-refractivity contribution in [3.63, 3.8) is 0 Å². The molecule has 1 aromatic carbocycles. The Labute approximate surface area is 140 Å². The molecular formula is C16H19FN2O4S. The molecule has 0 aromatic heterocycles. The lowest BCUT2D eigenvalue weighted by Crippen LogP contribution is -2.42. The fourth-order valence-corrected chi connectivity index (χ4v) is 5.09. The molecule has 3 rings (SSSR count). The molecule has 0 bridgehead atoms. The van der Waals surface area contributed by atoms with E-state index in [1.54, 1.807) is 13.1 Å². The summed E-state index contributed by atoms with van der Waals surface area (Å²) in [6.07, 6.45) is 0.484. The van der Waals surface area contributed by atoms with E-state index < -0.39 is 21.6 Å². The fraction of sp³-hybridized carbons (Fsp3) is 0.500. The Balaban J connectivity index is 1.70. The number of sulfone groups is 1. The van der Waals surface area contributed by atoms with E-state index in [0.717, 1.165) is 0 Å². The Morgan fingerprint density at radius 3 is 2.75 bits per heavy atom. The standard InChI is InChI=1S/C16H19FN2O4S/c1-18(14-5-6-24(22,23)10-14)16(21)11-7-15(20)19(9-11)13-4-2-3-12(17)8-13/h2-4,8,11,14H,5-7,9-10H2,1H3. The molecular weight excluding hydrogens is 335 g/mol. The molecule has 8 heteroatoms. The molecule has 2 heterocycles. The first-order chi connectivity index (χ1) is 11.3. The number of halogens is 1. The van der Waals surface area contributed by atoms with Gasteiger partial charge in [-0.1, -0.05) is 6.07 Å². The molecule has 2 atom stereocenters. The molecule has 0 aliphatic carbocycles. The lowest BCUT2D eigenvalue weighted by atomic mass is 10.1. The van der Waals surface area contributed by atoms with Gasteiger partial charge in [0.15, 0.2) is 9.84 Å². The molecule has 0 radical (unpaired) electrons. The molecule has 0 N–H and O–H groups in total. The van der Waals surface area contributed by atoms with Crippen molar-refractivity contribution >= 4 is 27.3 Å². The summed E-state index contributed by atoms with van der Waals surface area (Å²) in [4.78, 5) is 27.7. The Morgan fingerprint density at radius 1 is 1.38 bits per heavy atom. The predicted molar refractivity (Wildman–Crippen MR) is 86.7 cm³/mol. The van der Waals surface area contributed by atoms with Crippen LogP contribution in [0.15, 0.2) is 24.3 Å². The van der Waals surface area contributed by atoms with Gasteiger partial charge in [-0.15, -0.1) is 0 Å². The van der Waals surface area contributed by atoms with E-state index in [1.807, 2.05) is 0 Å². The van der Waals surface area contributed by atoms with E-state index >= 15 is 0 Å². The van der Waals surface area contributed by atoms with Gasteiger partial charge in [-0.05, 0) is 24.6 Å². The van der Waals surface area contributed by atoms with Crippen LogP contribution in [0.25, 0.3) is 0 Å². The summed E-state index contributed by atoms with van der Waals surface area (Å²) >= 11 is 0. The zero-order chi connectivity index (χ0) is 17.5. The second-order valence-corrected chi connectivity index (χ2v) is 8.62.